The molecule has 5 heteroatoms. The molecule has 0 heterocycles. The molecule has 26 heavy (non-hydrogen) atoms. The van der Waals surface area contributed by atoms with Gasteiger partial charge in [-0.2, -0.15) is 0 Å². The molecular weight excluding hydrogens is 322 g/mol. The fraction of sp³-hybridized carbons (Fsp3) is 0.714. The Balaban J connectivity index is 1.91. The Kier molecular flexibility index (Phi) is 15.5. The van der Waals surface area contributed by atoms with Gasteiger partial charge in [0.1, 0.15) is 0 Å². The number of hydrogen-bond donors (Lipinski definition) is 5. The Bertz CT molecular complexity index is 407. The van der Waals surface area contributed by atoms with Gasteiger partial charge in [-0.05, 0) is 82.5 Å². The highest BCUT2D eigenvalue weighted by Gasteiger charge is 1.96. The largest absolute Gasteiger partial charge is 0.330 e. The lowest BCUT2D eigenvalue weighted by Gasteiger charge is -2.08. The van der Waals surface area contributed by atoms with Crippen LogP contribution in [0.2, 0.25) is 0 Å². The van der Waals surface area contributed by atoms with Crippen molar-refractivity contribution in [1.29, 1.82) is 0 Å². The first-order valence-electron chi connectivity index (χ1n) is 10.5. The normalized spacial score (nSPS) is 11.2. The van der Waals surface area contributed by atoms with Crippen LogP contribution < -0.4 is 27.4 Å². The van der Waals surface area contributed by atoms with E-state index in [-0.39, 0.29) is 0 Å². The van der Waals surface area contributed by atoms with Crippen LogP contribution in [0.5, 0.6) is 0 Å². The number of unbranched alkanes of at least 4 members (excludes halogenated alkanes) is 4. The zero-order chi connectivity index (χ0) is 18.7. The molecule has 1 aromatic carbocycles. The Morgan fingerprint density at radius 2 is 0.923 bits per heavy atom. The van der Waals surface area contributed by atoms with Crippen LogP contribution in [0.3, 0.4) is 0 Å². The van der Waals surface area contributed by atoms with Crippen LogP contribution in [0.25, 0.3) is 0 Å². The quantitative estimate of drug-likeness (QED) is 0.258. The van der Waals surface area contributed by atoms with Gasteiger partial charge in [0, 0.05) is 13.1 Å². The maximum absolute atomic E-state index is 5.49. The minimum Gasteiger partial charge on any atom is -0.330 e. The van der Waals surface area contributed by atoms with Gasteiger partial charge in [0.05, 0.1) is 0 Å². The van der Waals surface area contributed by atoms with E-state index in [0.29, 0.717) is 0 Å². The summed E-state index contributed by atoms with van der Waals surface area (Å²) in [4.78, 5) is 0. The van der Waals surface area contributed by atoms with E-state index in [1.54, 1.807) is 0 Å². The van der Waals surface area contributed by atoms with Crippen molar-refractivity contribution in [2.24, 2.45) is 11.5 Å². The van der Waals surface area contributed by atoms with E-state index >= 15 is 0 Å². The monoisotopic (exact) mass is 363 g/mol. The number of nitrogens with one attached hydrogen (secondary N) is 3. The predicted octanol–water partition coefficient (Wildman–Crippen LogP) is 2.10. The molecule has 7 N–H and O–H groups in total. The van der Waals surface area contributed by atoms with E-state index in [0.717, 1.165) is 65.2 Å². The molecule has 0 spiro atoms. The highest BCUT2D eigenvalue weighted by atomic mass is 14.9. The Morgan fingerprint density at radius 3 is 1.42 bits per heavy atom. The second-order valence-corrected chi connectivity index (χ2v) is 6.97. The van der Waals surface area contributed by atoms with Crippen molar-refractivity contribution in [2.75, 3.05) is 39.3 Å². The molecule has 0 unspecified atom stereocenters. The fourth-order valence-electron chi connectivity index (χ4n) is 2.84. The second-order valence-electron chi connectivity index (χ2n) is 6.97. The molecule has 0 aliphatic heterocycles. The molecule has 5 nitrogen and oxygen atoms in total. The van der Waals surface area contributed by atoms with Crippen LogP contribution in [0.15, 0.2) is 24.3 Å². The highest BCUT2D eigenvalue weighted by Crippen LogP contribution is 2.05. The summed E-state index contributed by atoms with van der Waals surface area (Å²) in [6.07, 6.45) is 8.54. The summed E-state index contributed by atoms with van der Waals surface area (Å²) in [5, 5.41) is 10.4. The summed E-state index contributed by atoms with van der Waals surface area (Å²) in [5.41, 5.74) is 13.7. The van der Waals surface area contributed by atoms with Gasteiger partial charge >= 0.3 is 0 Å². The van der Waals surface area contributed by atoms with Crippen LogP contribution in [0.1, 0.15) is 56.1 Å². The average Bonchev–Trinajstić information content (AvgIpc) is 2.67. The first-order chi connectivity index (χ1) is 12.9. The number of hydrogen-bond acceptors (Lipinski definition) is 5. The fourth-order valence-corrected chi connectivity index (χ4v) is 2.84. The molecule has 0 aliphatic carbocycles. The summed E-state index contributed by atoms with van der Waals surface area (Å²) >= 11 is 0. The van der Waals surface area contributed by atoms with Gasteiger partial charge in [-0.25, -0.2) is 0 Å². The number of rotatable bonds is 18. The van der Waals surface area contributed by atoms with Crippen LogP contribution >= 0.6 is 0 Å². The SMILES string of the molecule is NCCCCNCCCCCCNCc1ccc(CNCCCN)cc1. The molecule has 0 fully saturated rings. The standard InChI is InChI=1S/C21H41N5/c22-12-3-6-15-24-14-4-1-2-5-16-25-18-20-8-10-21(11-9-20)19-26-17-7-13-23/h8-11,24-26H,1-7,12-19,22-23H2. The molecule has 1 aromatic rings. The molecule has 0 saturated heterocycles. The van der Waals surface area contributed by atoms with Gasteiger partial charge in [0.25, 0.3) is 0 Å². The minimum absolute atomic E-state index is 0.754. The second kappa shape index (κ2) is 17.4. The minimum atomic E-state index is 0.754. The highest BCUT2D eigenvalue weighted by molar-refractivity contribution is 5.22. The van der Waals surface area contributed by atoms with Crippen molar-refractivity contribution < 1.29 is 0 Å². The molecule has 0 aromatic heterocycles. The van der Waals surface area contributed by atoms with Crippen molar-refractivity contribution in [1.82, 2.24) is 16.0 Å². The molecule has 0 atom stereocenters. The molecular formula is C21H41N5. The van der Waals surface area contributed by atoms with Crippen LogP contribution in [-0.4, -0.2) is 39.3 Å². The van der Waals surface area contributed by atoms with E-state index in [2.05, 4.69) is 40.2 Å². The third-order valence-electron chi connectivity index (χ3n) is 4.50. The molecule has 0 saturated carbocycles. The zero-order valence-electron chi connectivity index (χ0n) is 16.6. The number of benzene rings is 1. The van der Waals surface area contributed by atoms with E-state index in [1.807, 2.05) is 0 Å². The van der Waals surface area contributed by atoms with Crippen LogP contribution in [0.4, 0.5) is 0 Å². The maximum Gasteiger partial charge on any atom is 0.0205 e. The van der Waals surface area contributed by atoms with Crippen molar-refractivity contribution in [3.63, 3.8) is 0 Å². The lowest BCUT2D eigenvalue weighted by atomic mass is 10.1. The van der Waals surface area contributed by atoms with Crippen molar-refractivity contribution in [3.8, 4) is 0 Å². The first-order valence-corrected chi connectivity index (χ1v) is 10.5. The van der Waals surface area contributed by atoms with Gasteiger partial charge in [0.2, 0.25) is 0 Å². The Hall–Kier alpha value is -0.980. The van der Waals surface area contributed by atoms with Crippen molar-refractivity contribution in [3.05, 3.63) is 35.4 Å². The molecule has 1 rings (SSSR count). The number of nitrogens with two attached hydrogens (primary N) is 2. The van der Waals surface area contributed by atoms with E-state index in [4.69, 9.17) is 11.5 Å². The van der Waals surface area contributed by atoms with E-state index in [1.165, 1.54) is 43.2 Å². The van der Waals surface area contributed by atoms with Gasteiger partial charge in [-0.1, -0.05) is 37.1 Å². The zero-order valence-corrected chi connectivity index (χ0v) is 16.6. The molecule has 0 aliphatic rings. The Labute approximate surface area is 160 Å². The van der Waals surface area contributed by atoms with Gasteiger partial charge in [-0.15, -0.1) is 0 Å². The Morgan fingerprint density at radius 1 is 0.500 bits per heavy atom. The average molecular weight is 364 g/mol. The molecule has 0 bridgehead atoms. The van der Waals surface area contributed by atoms with Crippen molar-refractivity contribution >= 4 is 0 Å². The lowest BCUT2D eigenvalue weighted by Crippen LogP contribution is -2.18. The molecule has 0 amide bonds. The summed E-state index contributed by atoms with van der Waals surface area (Å²) in [6, 6.07) is 8.88. The van der Waals surface area contributed by atoms with E-state index < -0.39 is 0 Å². The predicted molar refractivity (Wildman–Crippen MR) is 113 cm³/mol. The first kappa shape index (κ1) is 23.1. The summed E-state index contributed by atoms with van der Waals surface area (Å²) in [5.74, 6) is 0. The molecule has 150 valence electrons. The smallest absolute Gasteiger partial charge is 0.0205 e. The molecule has 0 radical (unpaired) electrons. The summed E-state index contributed by atoms with van der Waals surface area (Å²) < 4.78 is 0. The topological polar surface area (TPSA) is 88.1 Å². The van der Waals surface area contributed by atoms with E-state index in [9.17, 15) is 0 Å². The third kappa shape index (κ3) is 13.3. The van der Waals surface area contributed by atoms with Gasteiger partial charge in [0.15, 0.2) is 0 Å². The third-order valence-corrected chi connectivity index (χ3v) is 4.50. The van der Waals surface area contributed by atoms with Gasteiger partial charge < -0.3 is 27.4 Å². The summed E-state index contributed by atoms with van der Waals surface area (Å²) in [7, 11) is 0. The van der Waals surface area contributed by atoms with Crippen LogP contribution in [-0.2, 0) is 13.1 Å². The van der Waals surface area contributed by atoms with Crippen LogP contribution in [0, 0.1) is 0 Å². The van der Waals surface area contributed by atoms with Gasteiger partial charge in [-0.3, -0.25) is 0 Å². The lowest BCUT2D eigenvalue weighted by molar-refractivity contribution is 0.554. The maximum atomic E-state index is 5.49. The van der Waals surface area contributed by atoms with Crippen molar-refractivity contribution in [2.45, 2.75) is 58.0 Å². The summed E-state index contributed by atoms with van der Waals surface area (Å²) in [6.45, 7) is 7.80.